The number of unbranched alkanes of at least 4 members (excludes halogenated alkanes) is 2. The first-order valence-electron chi connectivity index (χ1n) is 13.6. The van der Waals surface area contributed by atoms with Gasteiger partial charge in [0.15, 0.2) is 11.6 Å². The van der Waals surface area contributed by atoms with Gasteiger partial charge < -0.3 is 4.74 Å². The Hall–Kier alpha value is -1.05. The lowest BCUT2D eigenvalue weighted by Crippen LogP contribution is -2.15. The maximum Gasteiger partial charge on any atom is 0.165 e. The van der Waals surface area contributed by atoms with Gasteiger partial charge in [-0.3, -0.25) is 0 Å². The summed E-state index contributed by atoms with van der Waals surface area (Å²) in [5, 5.41) is 0. The van der Waals surface area contributed by atoms with E-state index in [1.165, 1.54) is 102 Å². The third-order valence-corrected chi connectivity index (χ3v) is 8.17. The van der Waals surface area contributed by atoms with Crippen LogP contribution in [0, 0.1) is 23.6 Å². The Morgan fingerprint density at radius 3 is 1.97 bits per heavy atom. The zero-order valence-corrected chi connectivity index (χ0v) is 20.3. The molecule has 0 bridgehead atoms. The van der Waals surface area contributed by atoms with E-state index in [0.29, 0.717) is 18.3 Å². The summed E-state index contributed by atoms with van der Waals surface area (Å²) in [5.41, 5.74) is 1.18. The molecule has 2 heteroatoms. The Kier molecular flexibility index (Phi) is 10.7. The standard InChI is InChI=1S/C29H47FO/c1-3-5-6-9-24-11-13-25(14-12-24)10-7-21-31-29-20-19-27(22-28(29)30)26-17-15-23(8-4-2)16-18-26/h19-20,22-26H,3-18,21H2,1-2H3/t23-,24-,25-,26-. The van der Waals surface area contributed by atoms with Gasteiger partial charge in [0.25, 0.3) is 0 Å². The van der Waals surface area contributed by atoms with Crippen molar-refractivity contribution in [1.29, 1.82) is 0 Å². The van der Waals surface area contributed by atoms with E-state index in [9.17, 15) is 4.39 Å². The normalized spacial score (nSPS) is 26.7. The molecule has 2 fully saturated rings. The molecule has 2 aliphatic carbocycles. The van der Waals surface area contributed by atoms with E-state index in [1.807, 2.05) is 6.07 Å². The predicted molar refractivity (Wildman–Crippen MR) is 130 cm³/mol. The molecule has 0 saturated heterocycles. The molecule has 0 N–H and O–H groups in total. The molecule has 0 aliphatic heterocycles. The molecule has 1 aromatic rings. The quantitative estimate of drug-likeness (QED) is 0.300. The molecular weight excluding hydrogens is 383 g/mol. The fourth-order valence-corrected chi connectivity index (χ4v) is 6.13. The van der Waals surface area contributed by atoms with Crippen molar-refractivity contribution < 1.29 is 9.13 Å². The van der Waals surface area contributed by atoms with Crippen molar-refractivity contribution >= 4 is 0 Å². The van der Waals surface area contributed by atoms with Gasteiger partial charge in [-0.1, -0.05) is 84.1 Å². The SMILES string of the molecule is CCCCC[C@H]1CC[C@H](CCCOc2ccc([C@H]3CC[C@H](CCC)CC3)cc2F)CC1. The van der Waals surface area contributed by atoms with Crippen LogP contribution >= 0.6 is 0 Å². The smallest absolute Gasteiger partial charge is 0.165 e. The van der Waals surface area contributed by atoms with Crippen LogP contribution in [-0.4, -0.2) is 6.61 Å². The fourth-order valence-electron chi connectivity index (χ4n) is 6.13. The second-order valence-corrected chi connectivity index (χ2v) is 10.6. The molecule has 0 heterocycles. The van der Waals surface area contributed by atoms with Crippen molar-refractivity contribution in [2.45, 2.75) is 122 Å². The van der Waals surface area contributed by atoms with E-state index in [2.05, 4.69) is 19.9 Å². The third-order valence-electron chi connectivity index (χ3n) is 8.17. The first-order valence-corrected chi connectivity index (χ1v) is 13.6. The molecule has 0 aromatic heterocycles. The Morgan fingerprint density at radius 1 is 0.742 bits per heavy atom. The van der Waals surface area contributed by atoms with E-state index >= 15 is 0 Å². The lowest BCUT2D eigenvalue weighted by Gasteiger charge is -2.29. The summed E-state index contributed by atoms with van der Waals surface area (Å²) in [6.07, 6.45) is 21.2. The highest BCUT2D eigenvalue weighted by Gasteiger charge is 2.23. The number of hydrogen-bond donors (Lipinski definition) is 0. The molecule has 0 radical (unpaired) electrons. The first-order chi connectivity index (χ1) is 15.2. The number of benzene rings is 1. The minimum absolute atomic E-state index is 0.166. The zero-order chi connectivity index (χ0) is 21.9. The predicted octanol–water partition coefficient (Wildman–Crippen LogP) is 9.45. The Bertz CT molecular complexity index is 611. The number of halogens is 1. The van der Waals surface area contributed by atoms with Gasteiger partial charge in [-0.2, -0.15) is 0 Å². The van der Waals surface area contributed by atoms with Crippen molar-refractivity contribution in [1.82, 2.24) is 0 Å². The molecule has 3 rings (SSSR count). The van der Waals surface area contributed by atoms with Crippen LogP contribution in [0.2, 0.25) is 0 Å². The van der Waals surface area contributed by atoms with Crippen molar-refractivity contribution in [2.75, 3.05) is 6.61 Å². The van der Waals surface area contributed by atoms with Crippen LogP contribution in [0.1, 0.15) is 128 Å². The number of hydrogen-bond acceptors (Lipinski definition) is 1. The van der Waals surface area contributed by atoms with Gasteiger partial charge in [-0.25, -0.2) is 4.39 Å². The van der Waals surface area contributed by atoms with E-state index in [0.717, 1.165) is 24.2 Å². The Morgan fingerprint density at radius 2 is 1.35 bits per heavy atom. The topological polar surface area (TPSA) is 9.23 Å². The number of ether oxygens (including phenoxy) is 1. The molecule has 0 atom stereocenters. The first kappa shape index (κ1) is 24.6. The molecule has 31 heavy (non-hydrogen) atoms. The Labute approximate surface area is 191 Å². The van der Waals surface area contributed by atoms with Gasteiger partial charge in [-0.05, 0) is 79.9 Å². The second kappa shape index (κ2) is 13.5. The largest absolute Gasteiger partial charge is 0.491 e. The molecule has 0 unspecified atom stereocenters. The minimum Gasteiger partial charge on any atom is -0.491 e. The van der Waals surface area contributed by atoms with E-state index in [-0.39, 0.29) is 5.82 Å². The maximum atomic E-state index is 14.6. The molecule has 176 valence electrons. The van der Waals surface area contributed by atoms with E-state index in [4.69, 9.17) is 4.74 Å². The molecule has 2 aliphatic rings. The van der Waals surface area contributed by atoms with Gasteiger partial charge >= 0.3 is 0 Å². The highest BCUT2D eigenvalue weighted by Crippen LogP contribution is 2.38. The van der Waals surface area contributed by atoms with Crippen molar-refractivity contribution in [3.63, 3.8) is 0 Å². The summed E-state index contributed by atoms with van der Waals surface area (Å²) in [4.78, 5) is 0. The van der Waals surface area contributed by atoms with Crippen LogP contribution in [-0.2, 0) is 0 Å². The van der Waals surface area contributed by atoms with Crippen LogP contribution < -0.4 is 4.74 Å². The second-order valence-electron chi connectivity index (χ2n) is 10.6. The summed E-state index contributed by atoms with van der Waals surface area (Å²) < 4.78 is 20.5. The summed E-state index contributed by atoms with van der Waals surface area (Å²) in [6, 6.07) is 5.74. The molecule has 1 nitrogen and oxygen atoms in total. The molecule has 0 amide bonds. The van der Waals surface area contributed by atoms with Gasteiger partial charge in [0.1, 0.15) is 0 Å². The summed E-state index contributed by atoms with van der Waals surface area (Å²) >= 11 is 0. The van der Waals surface area contributed by atoms with Crippen LogP contribution in [0.4, 0.5) is 4.39 Å². The highest BCUT2D eigenvalue weighted by molar-refractivity contribution is 5.31. The monoisotopic (exact) mass is 430 g/mol. The summed E-state index contributed by atoms with van der Waals surface area (Å²) in [7, 11) is 0. The lowest BCUT2D eigenvalue weighted by atomic mass is 9.77. The Balaban J connectivity index is 1.32. The third kappa shape index (κ3) is 8.10. The van der Waals surface area contributed by atoms with Crippen LogP contribution in [0.3, 0.4) is 0 Å². The average molecular weight is 431 g/mol. The minimum atomic E-state index is -0.166. The zero-order valence-electron chi connectivity index (χ0n) is 20.3. The van der Waals surface area contributed by atoms with Crippen molar-refractivity contribution in [2.24, 2.45) is 17.8 Å². The van der Waals surface area contributed by atoms with E-state index < -0.39 is 0 Å². The lowest BCUT2D eigenvalue weighted by molar-refractivity contribution is 0.225. The van der Waals surface area contributed by atoms with Crippen LogP contribution in [0.25, 0.3) is 0 Å². The number of rotatable bonds is 12. The van der Waals surface area contributed by atoms with Gasteiger partial charge in [-0.15, -0.1) is 0 Å². The summed E-state index contributed by atoms with van der Waals surface area (Å²) in [5.74, 6) is 3.55. The van der Waals surface area contributed by atoms with Crippen molar-refractivity contribution in [3.8, 4) is 5.75 Å². The fraction of sp³-hybridized carbons (Fsp3) is 0.793. The van der Waals surface area contributed by atoms with Gasteiger partial charge in [0.05, 0.1) is 6.61 Å². The van der Waals surface area contributed by atoms with Gasteiger partial charge in [0, 0.05) is 0 Å². The summed E-state index contributed by atoms with van der Waals surface area (Å²) in [6.45, 7) is 5.22. The maximum absolute atomic E-state index is 14.6. The average Bonchev–Trinajstić information content (AvgIpc) is 2.79. The highest BCUT2D eigenvalue weighted by atomic mass is 19.1. The molecular formula is C29H47FO. The van der Waals surface area contributed by atoms with Crippen molar-refractivity contribution in [3.05, 3.63) is 29.6 Å². The molecule has 0 spiro atoms. The van der Waals surface area contributed by atoms with Gasteiger partial charge in [0.2, 0.25) is 0 Å². The van der Waals surface area contributed by atoms with E-state index in [1.54, 1.807) is 6.07 Å². The van der Waals surface area contributed by atoms with Crippen LogP contribution in [0.5, 0.6) is 5.75 Å². The molecule has 1 aromatic carbocycles. The van der Waals surface area contributed by atoms with Crippen LogP contribution in [0.15, 0.2) is 18.2 Å². The molecule has 2 saturated carbocycles.